The number of ether oxygens (including phenoxy) is 2. The number of halogens is 5. The number of carbonyl (C=O) groups is 1. The van der Waals surface area contributed by atoms with Crippen molar-refractivity contribution in [2.24, 2.45) is 17.3 Å². The molecule has 2 N–H and O–H groups in total. The van der Waals surface area contributed by atoms with Crippen molar-refractivity contribution in [2.45, 2.75) is 27.1 Å². The van der Waals surface area contributed by atoms with Crippen molar-refractivity contribution in [2.75, 3.05) is 12.8 Å². The lowest BCUT2D eigenvalue weighted by molar-refractivity contribution is -0.147. The maximum absolute atomic E-state index is 14.2. The van der Waals surface area contributed by atoms with E-state index in [0.717, 1.165) is 0 Å². The molecule has 1 aliphatic carbocycles. The van der Waals surface area contributed by atoms with Crippen molar-refractivity contribution in [1.82, 2.24) is 0 Å². The van der Waals surface area contributed by atoms with Crippen molar-refractivity contribution in [3.63, 3.8) is 0 Å². The quantitative estimate of drug-likeness (QED) is 0.426. The Bertz CT molecular complexity index is 735. The highest BCUT2D eigenvalue weighted by Gasteiger charge is 2.61. The van der Waals surface area contributed by atoms with Gasteiger partial charge in [-0.3, -0.25) is 4.79 Å². The third-order valence-corrected chi connectivity index (χ3v) is 4.92. The summed E-state index contributed by atoms with van der Waals surface area (Å²) in [5.41, 5.74) is 3.28. The first-order valence-electron chi connectivity index (χ1n) is 7.66. The van der Waals surface area contributed by atoms with Crippen molar-refractivity contribution in [3.8, 4) is 0 Å². The third-order valence-electron chi connectivity index (χ3n) is 4.67. The summed E-state index contributed by atoms with van der Waals surface area (Å²) in [5.74, 6) is -5.41. The maximum atomic E-state index is 14.2. The van der Waals surface area contributed by atoms with E-state index in [4.69, 9.17) is 33.7 Å². The lowest BCUT2D eigenvalue weighted by Gasteiger charge is -2.14. The minimum atomic E-state index is -1.42. The standard InChI is InChI=1S/C17H18Cl2F3NO3/c1-17(2)9(4-10(18)19)11(17)16(24)26-6-8-13(21)12(20)7(5-25-3)14(22)15(8)23/h4,9,11H,5-6,23H2,1-3H3/t9-,11+/m0/s1. The zero-order valence-electron chi connectivity index (χ0n) is 14.3. The van der Waals surface area contributed by atoms with E-state index in [1.807, 2.05) is 13.8 Å². The number of anilines is 1. The highest BCUT2D eigenvalue weighted by atomic mass is 35.5. The Balaban J connectivity index is 2.18. The van der Waals surface area contributed by atoms with E-state index in [0.29, 0.717) is 0 Å². The minimum absolute atomic E-state index is 0.0199. The molecule has 1 aliphatic rings. The van der Waals surface area contributed by atoms with E-state index in [9.17, 15) is 18.0 Å². The third kappa shape index (κ3) is 3.80. The van der Waals surface area contributed by atoms with Gasteiger partial charge < -0.3 is 15.2 Å². The summed E-state index contributed by atoms with van der Waals surface area (Å²) in [6.07, 6.45) is 1.52. The van der Waals surface area contributed by atoms with Gasteiger partial charge in [-0.05, 0) is 17.4 Å². The summed E-state index contributed by atoms with van der Waals surface area (Å²) in [4.78, 5) is 12.2. The number of nitrogen functional groups attached to an aromatic ring is 1. The Labute approximate surface area is 159 Å². The van der Waals surface area contributed by atoms with Crippen LogP contribution in [-0.2, 0) is 27.5 Å². The fraction of sp³-hybridized carbons (Fsp3) is 0.471. The van der Waals surface area contributed by atoms with Crippen molar-refractivity contribution in [3.05, 3.63) is 39.1 Å². The first-order chi connectivity index (χ1) is 12.0. The number of benzene rings is 1. The number of carbonyl (C=O) groups excluding carboxylic acids is 1. The van der Waals surface area contributed by atoms with Gasteiger partial charge in [-0.2, -0.15) is 0 Å². The summed E-state index contributed by atoms with van der Waals surface area (Å²) in [6, 6.07) is 0. The smallest absolute Gasteiger partial charge is 0.310 e. The van der Waals surface area contributed by atoms with Gasteiger partial charge in [0.25, 0.3) is 0 Å². The van der Waals surface area contributed by atoms with Gasteiger partial charge >= 0.3 is 5.97 Å². The molecule has 2 atom stereocenters. The molecule has 1 fully saturated rings. The topological polar surface area (TPSA) is 61.6 Å². The van der Waals surface area contributed by atoms with E-state index in [1.165, 1.54) is 13.2 Å². The first-order valence-corrected chi connectivity index (χ1v) is 8.41. The van der Waals surface area contributed by atoms with Crippen LogP contribution in [0.3, 0.4) is 0 Å². The Morgan fingerprint density at radius 2 is 1.73 bits per heavy atom. The molecule has 4 nitrogen and oxygen atoms in total. The molecule has 2 rings (SSSR count). The van der Waals surface area contributed by atoms with Gasteiger partial charge in [-0.25, -0.2) is 13.2 Å². The van der Waals surface area contributed by atoms with E-state index in [-0.39, 0.29) is 10.4 Å². The molecule has 144 valence electrons. The van der Waals surface area contributed by atoms with Crippen LogP contribution in [0.2, 0.25) is 0 Å². The average Bonchev–Trinajstić information content (AvgIpc) is 3.09. The summed E-state index contributed by atoms with van der Waals surface area (Å²) in [5, 5.41) is 0. The second-order valence-electron chi connectivity index (χ2n) is 6.63. The number of hydrogen-bond acceptors (Lipinski definition) is 4. The van der Waals surface area contributed by atoms with Crippen LogP contribution in [0.1, 0.15) is 25.0 Å². The second kappa shape index (κ2) is 7.66. The molecular formula is C17H18Cl2F3NO3. The number of allylic oxidation sites excluding steroid dienone is 1. The van der Waals surface area contributed by atoms with Gasteiger partial charge in [-0.15, -0.1) is 0 Å². The Kier molecular flexibility index (Phi) is 6.15. The summed E-state index contributed by atoms with van der Waals surface area (Å²) < 4.78 is 52.0. The molecule has 0 amide bonds. The number of esters is 1. The molecular weight excluding hydrogens is 394 g/mol. The predicted octanol–water partition coefficient (Wildman–Crippen LogP) is 4.47. The molecule has 0 aromatic heterocycles. The maximum Gasteiger partial charge on any atom is 0.310 e. The van der Waals surface area contributed by atoms with Crippen LogP contribution >= 0.6 is 23.2 Å². The van der Waals surface area contributed by atoms with Crippen molar-refractivity contribution in [1.29, 1.82) is 0 Å². The normalized spacial score (nSPS) is 20.6. The largest absolute Gasteiger partial charge is 0.460 e. The van der Waals surface area contributed by atoms with Crippen LogP contribution in [0.4, 0.5) is 18.9 Å². The molecule has 0 spiro atoms. The zero-order chi connectivity index (χ0) is 19.8. The van der Waals surface area contributed by atoms with Gasteiger partial charge in [0.1, 0.15) is 11.1 Å². The first kappa shape index (κ1) is 20.9. The van der Waals surface area contributed by atoms with Crippen LogP contribution in [0.5, 0.6) is 0 Å². The SMILES string of the molecule is COCc1c(F)c(N)c(COC(=O)[C@H]2[C@H](C=C(Cl)Cl)C2(C)C)c(F)c1F. The molecule has 1 aromatic carbocycles. The Morgan fingerprint density at radius 1 is 1.15 bits per heavy atom. The zero-order valence-corrected chi connectivity index (χ0v) is 15.9. The molecule has 26 heavy (non-hydrogen) atoms. The molecule has 0 heterocycles. The van der Waals surface area contributed by atoms with E-state index in [2.05, 4.69) is 4.74 Å². The molecule has 0 bridgehead atoms. The van der Waals surface area contributed by atoms with Gasteiger partial charge in [0.05, 0.1) is 29.3 Å². The fourth-order valence-electron chi connectivity index (χ4n) is 2.99. The number of methoxy groups -OCH3 is 1. The van der Waals surface area contributed by atoms with Gasteiger partial charge in [-0.1, -0.05) is 37.0 Å². The molecule has 1 saturated carbocycles. The van der Waals surface area contributed by atoms with Crippen LogP contribution in [0, 0.1) is 34.7 Å². The molecule has 0 saturated heterocycles. The lowest BCUT2D eigenvalue weighted by Crippen LogP contribution is -2.15. The van der Waals surface area contributed by atoms with E-state index < -0.39 is 64.8 Å². The van der Waals surface area contributed by atoms with Crippen LogP contribution in [0.15, 0.2) is 10.6 Å². The van der Waals surface area contributed by atoms with Gasteiger partial charge in [0.2, 0.25) is 0 Å². The number of nitrogens with two attached hydrogens (primary N) is 1. The monoisotopic (exact) mass is 411 g/mol. The summed E-state index contributed by atoms with van der Waals surface area (Å²) in [6.45, 7) is 2.44. The minimum Gasteiger partial charge on any atom is -0.460 e. The summed E-state index contributed by atoms with van der Waals surface area (Å²) in [7, 11) is 1.21. The molecule has 0 aliphatic heterocycles. The summed E-state index contributed by atoms with van der Waals surface area (Å²) >= 11 is 11.2. The van der Waals surface area contributed by atoms with Crippen LogP contribution in [-0.4, -0.2) is 13.1 Å². The van der Waals surface area contributed by atoms with Gasteiger partial charge in [0.15, 0.2) is 17.5 Å². The Morgan fingerprint density at radius 3 is 2.27 bits per heavy atom. The number of rotatable bonds is 6. The highest BCUT2D eigenvalue weighted by molar-refractivity contribution is 6.55. The second-order valence-corrected chi connectivity index (χ2v) is 7.64. The van der Waals surface area contributed by atoms with Crippen LogP contribution < -0.4 is 5.73 Å². The molecule has 1 aromatic rings. The molecule has 9 heteroatoms. The molecule has 0 radical (unpaired) electrons. The van der Waals surface area contributed by atoms with Gasteiger partial charge in [0, 0.05) is 7.11 Å². The van der Waals surface area contributed by atoms with Crippen molar-refractivity contribution < 1.29 is 27.4 Å². The predicted molar refractivity (Wildman–Crippen MR) is 91.8 cm³/mol. The van der Waals surface area contributed by atoms with E-state index >= 15 is 0 Å². The molecule has 0 unspecified atom stereocenters. The van der Waals surface area contributed by atoms with E-state index in [1.54, 1.807) is 0 Å². The lowest BCUT2D eigenvalue weighted by atomic mass is 10.1. The van der Waals surface area contributed by atoms with Crippen molar-refractivity contribution >= 4 is 34.9 Å². The number of hydrogen-bond donors (Lipinski definition) is 1. The highest BCUT2D eigenvalue weighted by Crippen LogP contribution is 2.60. The average molecular weight is 412 g/mol. The Hall–Kier alpha value is -1.44. The fourth-order valence-corrected chi connectivity index (χ4v) is 3.27. The van der Waals surface area contributed by atoms with Crippen LogP contribution in [0.25, 0.3) is 0 Å².